The molecule has 0 heterocycles. The number of carbonyl (C=O) groups is 1. The van der Waals surface area contributed by atoms with Crippen molar-refractivity contribution in [3.63, 3.8) is 0 Å². The standard InChI is InChI=1S/C11H20O3/c1-14-10-7-3-2-5-9(10)6-4-8-11(12)13/h9-10H,2-8H2,1H3,(H,12,13)/t9-,10+/m1/s1. The molecule has 1 fully saturated rings. The van der Waals surface area contributed by atoms with E-state index >= 15 is 0 Å². The summed E-state index contributed by atoms with van der Waals surface area (Å²) in [5, 5.41) is 8.53. The first-order valence-corrected chi connectivity index (χ1v) is 5.48. The third kappa shape index (κ3) is 3.66. The zero-order valence-electron chi connectivity index (χ0n) is 8.87. The van der Waals surface area contributed by atoms with Crippen LogP contribution in [0.5, 0.6) is 0 Å². The summed E-state index contributed by atoms with van der Waals surface area (Å²) in [6, 6.07) is 0. The average Bonchev–Trinajstić information content (AvgIpc) is 2.18. The van der Waals surface area contributed by atoms with E-state index in [0.717, 1.165) is 19.3 Å². The first-order chi connectivity index (χ1) is 6.74. The van der Waals surface area contributed by atoms with Crippen LogP contribution in [0.1, 0.15) is 44.9 Å². The molecule has 0 aromatic carbocycles. The predicted octanol–water partition coefficient (Wildman–Crippen LogP) is 2.45. The van der Waals surface area contributed by atoms with E-state index < -0.39 is 5.97 Å². The van der Waals surface area contributed by atoms with E-state index in [9.17, 15) is 4.79 Å². The fourth-order valence-electron chi connectivity index (χ4n) is 2.33. The Morgan fingerprint density at radius 1 is 1.43 bits per heavy atom. The van der Waals surface area contributed by atoms with Crippen molar-refractivity contribution >= 4 is 5.97 Å². The van der Waals surface area contributed by atoms with Gasteiger partial charge < -0.3 is 9.84 Å². The molecule has 0 saturated heterocycles. The number of hydrogen-bond donors (Lipinski definition) is 1. The molecule has 3 nitrogen and oxygen atoms in total. The summed E-state index contributed by atoms with van der Waals surface area (Å²) in [5.74, 6) is -0.0946. The molecular weight excluding hydrogens is 180 g/mol. The Morgan fingerprint density at radius 3 is 2.79 bits per heavy atom. The van der Waals surface area contributed by atoms with Gasteiger partial charge in [0.1, 0.15) is 0 Å². The van der Waals surface area contributed by atoms with Crippen molar-refractivity contribution in [2.75, 3.05) is 7.11 Å². The van der Waals surface area contributed by atoms with Crippen LogP contribution in [-0.4, -0.2) is 24.3 Å². The van der Waals surface area contributed by atoms with Crippen LogP contribution >= 0.6 is 0 Å². The molecule has 0 bridgehead atoms. The Bertz CT molecular complexity index is 179. The molecule has 1 saturated carbocycles. The highest BCUT2D eigenvalue weighted by atomic mass is 16.5. The van der Waals surface area contributed by atoms with E-state index in [4.69, 9.17) is 9.84 Å². The highest BCUT2D eigenvalue weighted by Gasteiger charge is 2.24. The summed E-state index contributed by atoms with van der Waals surface area (Å²) >= 11 is 0. The van der Waals surface area contributed by atoms with Gasteiger partial charge in [0.05, 0.1) is 6.10 Å². The monoisotopic (exact) mass is 200 g/mol. The third-order valence-corrected chi connectivity index (χ3v) is 3.11. The first-order valence-electron chi connectivity index (χ1n) is 5.48. The van der Waals surface area contributed by atoms with Gasteiger partial charge in [-0.2, -0.15) is 0 Å². The van der Waals surface area contributed by atoms with Gasteiger partial charge in [0.15, 0.2) is 0 Å². The molecule has 0 unspecified atom stereocenters. The van der Waals surface area contributed by atoms with Gasteiger partial charge in [-0.3, -0.25) is 4.79 Å². The van der Waals surface area contributed by atoms with Crippen LogP contribution in [0, 0.1) is 5.92 Å². The quantitative estimate of drug-likeness (QED) is 0.741. The van der Waals surface area contributed by atoms with Gasteiger partial charge in [-0.25, -0.2) is 0 Å². The number of carboxylic acids is 1. The molecule has 0 aromatic rings. The maximum atomic E-state index is 10.4. The summed E-state index contributed by atoms with van der Waals surface area (Å²) in [4.78, 5) is 10.4. The lowest BCUT2D eigenvalue weighted by molar-refractivity contribution is -0.137. The molecule has 0 spiro atoms. The second-order valence-corrected chi connectivity index (χ2v) is 4.10. The van der Waals surface area contributed by atoms with Crippen molar-refractivity contribution < 1.29 is 14.6 Å². The minimum absolute atomic E-state index is 0.299. The molecule has 0 radical (unpaired) electrons. The first kappa shape index (κ1) is 11.5. The molecule has 2 atom stereocenters. The van der Waals surface area contributed by atoms with Gasteiger partial charge in [-0.05, 0) is 31.6 Å². The van der Waals surface area contributed by atoms with Gasteiger partial charge in [-0.15, -0.1) is 0 Å². The number of rotatable bonds is 5. The fraction of sp³-hybridized carbons (Fsp3) is 0.909. The van der Waals surface area contributed by atoms with Crippen LogP contribution in [0.4, 0.5) is 0 Å². The summed E-state index contributed by atoms with van der Waals surface area (Å²) < 4.78 is 5.41. The van der Waals surface area contributed by atoms with Crippen molar-refractivity contribution in [3.8, 4) is 0 Å². The van der Waals surface area contributed by atoms with E-state index in [1.54, 1.807) is 7.11 Å². The zero-order chi connectivity index (χ0) is 10.4. The largest absolute Gasteiger partial charge is 0.481 e. The smallest absolute Gasteiger partial charge is 0.303 e. The van der Waals surface area contributed by atoms with Crippen molar-refractivity contribution in [1.29, 1.82) is 0 Å². The van der Waals surface area contributed by atoms with Crippen molar-refractivity contribution in [2.45, 2.75) is 51.0 Å². The molecule has 82 valence electrons. The van der Waals surface area contributed by atoms with E-state index in [-0.39, 0.29) is 0 Å². The molecular formula is C11H20O3. The third-order valence-electron chi connectivity index (χ3n) is 3.11. The number of aliphatic carboxylic acids is 1. The summed E-state index contributed by atoms with van der Waals surface area (Å²) in [5.41, 5.74) is 0. The van der Waals surface area contributed by atoms with Gasteiger partial charge in [-0.1, -0.05) is 12.8 Å². The minimum Gasteiger partial charge on any atom is -0.481 e. The fourth-order valence-corrected chi connectivity index (χ4v) is 2.33. The second-order valence-electron chi connectivity index (χ2n) is 4.10. The molecule has 0 aromatic heterocycles. The average molecular weight is 200 g/mol. The van der Waals surface area contributed by atoms with Gasteiger partial charge in [0.25, 0.3) is 0 Å². The maximum Gasteiger partial charge on any atom is 0.303 e. The van der Waals surface area contributed by atoms with Crippen LogP contribution in [0.3, 0.4) is 0 Å². The lowest BCUT2D eigenvalue weighted by Gasteiger charge is -2.30. The molecule has 1 rings (SSSR count). The molecule has 1 aliphatic carbocycles. The number of methoxy groups -OCH3 is 1. The van der Waals surface area contributed by atoms with Crippen molar-refractivity contribution in [3.05, 3.63) is 0 Å². The highest BCUT2D eigenvalue weighted by molar-refractivity contribution is 5.66. The maximum absolute atomic E-state index is 10.4. The lowest BCUT2D eigenvalue weighted by Crippen LogP contribution is -2.26. The molecule has 14 heavy (non-hydrogen) atoms. The number of carboxylic acid groups (broad SMARTS) is 1. The molecule has 0 aliphatic heterocycles. The molecule has 1 N–H and O–H groups in total. The van der Waals surface area contributed by atoms with Crippen LogP contribution in [0.25, 0.3) is 0 Å². The van der Waals surface area contributed by atoms with E-state index in [1.165, 1.54) is 19.3 Å². The Morgan fingerprint density at radius 2 is 2.14 bits per heavy atom. The normalized spacial score (nSPS) is 27.5. The summed E-state index contributed by atoms with van der Waals surface area (Å²) in [6.07, 6.45) is 7.35. The van der Waals surface area contributed by atoms with Crippen LogP contribution in [-0.2, 0) is 9.53 Å². The molecule has 0 amide bonds. The Labute approximate surface area is 85.5 Å². The van der Waals surface area contributed by atoms with E-state index in [1.807, 2.05) is 0 Å². The number of hydrogen-bond acceptors (Lipinski definition) is 2. The zero-order valence-corrected chi connectivity index (χ0v) is 8.87. The lowest BCUT2D eigenvalue weighted by atomic mass is 9.83. The Kier molecular flexibility index (Phi) is 4.94. The van der Waals surface area contributed by atoms with Crippen molar-refractivity contribution in [1.82, 2.24) is 0 Å². The van der Waals surface area contributed by atoms with Crippen LogP contribution < -0.4 is 0 Å². The van der Waals surface area contributed by atoms with E-state index in [0.29, 0.717) is 18.4 Å². The Hall–Kier alpha value is -0.570. The van der Waals surface area contributed by atoms with Crippen molar-refractivity contribution in [2.24, 2.45) is 5.92 Å². The summed E-state index contributed by atoms with van der Waals surface area (Å²) in [7, 11) is 1.76. The van der Waals surface area contributed by atoms with Crippen LogP contribution in [0.2, 0.25) is 0 Å². The molecule has 1 aliphatic rings. The number of ether oxygens (including phenoxy) is 1. The highest BCUT2D eigenvalue weighted by Crippen LogP contribution is 2.30. The van der Waals surface area contributed by atoms with Gasteiger partial charge >= 0.3 is 5.97 Å². The molecule has 3 heteroatoms. The SMILES string of the molecule is CO[C@H]1CCCC[C@@H]1CCCC(=O)O. The van der Waals surface area contributed by atoms with Gasteiger partial charge in [0.2, 0.25) is 0 Å². The topological polar surface area (TPSA) is 46.5 Å². The predicted molar refractivity (Wildman–Crippen MR) is 54.2 cm³/mol. The van der Waals surface area contributed by atoms with Gasteiger partial charge in [0, 0.05) is 13.5 Å². The summed E-state index contributed by atoms with van der Waals surface area (Å²) in [6.45, 7) is 0. The van der Waals surface area contributed by atoms with Crippen LogP contribution in [0.15, 0.2) is 0 Å². The Balaban J connectivity index is 2.22. The van der Waals surface area contributed by atoms with E-state index in [2.05, 4.69) is 0 Å². The minimum atomic E-state index is -0.685. The second kappa shape index (κ2) is 6.02.